The van der Waals surface area contributed by atoms with Gasteiger partial charge < -0.3 is 10.3 Å². The van der Waals surface area contributed by atoms with Crippen LogP contribution in [0.15, 0.2) is 12.4 Å². The fourth-order valence-corrected chi connectivity index (χ4v) is 3.15. The largest absolute Gasteiger partial charge is 0.337 e. The van der Waals surface area contributed by atoms with Gasteiger partial charge >= 0.3 is 0 Å². The van der Waals surface area contributed by atoms with E-state index in [1.54, 1.807) is 0 Å². The third-order valence-electron chi connectivity index (χ3n) is 4.28. The summed E-state index contributed by atoms with van der Waals surface area (Å²) < 4.78 is 2.09. The van der Waals surface area contributed by atoms with Gasteiger partial charge in [0.25, 0.3) is 0 Å². The number of aromatic nitrogens is 2. The quantitative estimate of drug-likeness (QED) is 0.866. The Morgan fingerprint density at radius 2 is 2.11 bits per heavy atom. The molecule has 1 heterocycles. The normalized spacial score (nSPS) is 19.3. The number of imidazole rings is 1. The molecule has 2 N–H and O–H groups in total. The average molecular weight is 250 g/mol. The maximum Gasteiger partial charge on any atom is 0.122 e. The standard InChI is InChI=1S/C14H26N4/c1-17(10-13-16-8-9-18(13)2)12-14(11-15)6-4-3-5-7-14/h8-9H,3-7,10-12,15H2,1-2H3. The molecule has 1 aliphatic carbocycles. The van der Waals surface area contributed by atoms with Crippen molar-refractivity contribution in [1.82, 2.24) is 14.5 Å². The molecule has 1 aromatic heterocycles. The number of hydrogen-bond donors (Lipinski definition) is 1. The van der Waals surface area contributed by atoms with Crippen molar-refractivity contribution in [2.75, 3.05) is 20.1 Å². The number of hydrogen-bond acceptors (Lipinski definition) is 3. The Bertz CT molecular complexity index is 366. The molecule has 0 aromatic carbocycles. The molecular weight excluding hydrogens is 224 g/mol. The Morgan fingerprint density at radius 3 is 2.67 bits per heavy atom. The number of rotatable bonds is 5. The summed E-state index contributed by atoms with van der Waals surface area (Å²) in [5, 5.41) is 0. The van der Waals surface area contributed by atoms with Crippen LogP contribution >= 0.6 is 0 Å². The molecule has 1 aliphatic rings. The van der Waals surface area contributed by atoms with Crippen LogP contribution < -0.4 is 5.73 Å². The van der Waals surface area contributed by atoms with Crippen molar-refractivity contribution < 1.29 is 0 Å². The molecule has 1 saturated carbocycles. The molecule has 0 radical (unpaired) electrons. The number of nitrogens with zero attached hydrogens (tertiary/aromatic N) is 3. The smallest absolute Gasteiger partial charge is 0.122 e. The van der Waals surface area contributed by atoms with Gasteiger partial charge in [-0.15, -0.1) is 0 Å². The Kier molecular flexibility index (Phi) is 4.40. The lowest BCUT2D eigenvalue weighted by Gasteiger charge is -2.39. The maximum atomic E-state index is 6.04. The van der Waals surface area contributed by atoms with E-state index >= 15 is 0 Å². The van der Waals surface area contributed by atoms with Gasteiger partial charge in [0.1, 0.15) is 5.82 Å². The molecule has 2 rings (SSSR count). The Morgan fingerprint density at radius 1 is 1.39 bits per heavy atom. The lowest BCUT2D eigenvalue weighted by Crippen LogP contribution is -2.42. The van der Waals surface area contributed by atoms with E-state index in [1.807, 2.05) is 12.4 Å². The summed E-state index contributed by atoms with van der Waals surface area (Å²) in [6.45, 7) is 2.82. The van der Waals surface area contributed by atoms with E-state index in [0.717, 1.165) is 25.5 Å². The molecule has 0 atom stereocenters. The van der Waals surface area contributed by atoms with Crippen LogP contribution in [-0.4, -0.2) is 34.6 Å². The van der Waals surface area contributed by atoms with E-state index in [4.69, 9.17) is 5.73 Å². The van der Waals surface area contributed by atoms with Gasteiger partial charge in [0, 0.05) is 26.0 Å². The Balaban J connectivity index is 1.93. The highest BCUT2D eigenvalue weighted by molar-refractivity contribution is 4.92. The molecule has 0 aliphatic heterocycles. The lowest BCUT2D eigenvalue weighted by atomic mass is 9.74. The molecule has 18 heavy (non-hydrogen) atoms. The predicted molar refractivity (Wildman–Crippen MR) is 74.1 cm³/mol. The van der Waals surface area contributed by atoms with Gasteiger partial charge in [-0.1, -0.05) is 19.3 Å². The van der Waals surface area contributed by atoms with Crippen molar-refractivity contribution in [3.05, 3.63) is 18.2 Å². The molecule has 4 nitrogen and oxygen atoms in total. The van der Waals surface area contributed by atoms with E-state index in [2.05, 4.69) is 28.5 Å². The maximum absolute atomic E-state index is 6.04. The SMILES string of the molecule is CN(Cc1nccn1C)CC1(CN)CCCCC1. The lowest BCUT2D eigenvalue weighted by molar-refractivity contribution is 0.122. The zero-order valence-corrected chi connectivity index (χ0v) is 11.7. The van der Waals surface area contributed by atoms with Crippen LogP contribution in [0.4, 0.5) is 0 Å². The summed E-state index contributed by atoms with van der Waals surface area (Å²) >= 11 is 0. The molecular formula is C14H26N4. The van der Waals surface area contributed by atoms with Crippen molar-refractivity contribution in [2.45, 2.75) is 38.6 Å². The van der Waals surface area contributed by atoms with Gasteiger partial charge in [-0.05, 0) is 31.8 Å². The second-order valence-corrected chi connectivity index (χ2v) is 5.89. The van der Waals surface area contributed by atoms with Gasteiger partial charge in [-0.3, -0.25) is 4.90 Å². The van der Waals surface area contributed by atoms with Crippen LogP contribution in [0.2, 0.25) is 0 Å². The second-order valence-electron chi connectivity index (χ2n) is 5.89. The minimum Gasteiger partial charge on any atom is -0.337 e. The first kappa shape index (κ1) is 13.6. The average Bonchev–Trinajstić information content (AvgIpc) is 2.76. The number of nitrogens with two attached hydrogens (primary N) is 1. The van der Waals surface area contributed by atoms with E-state index in [0.29, 0.717) is 5.41 Å². The summed E-state index contributed by atoms with van der Waals surface area (Å²) in [5.74, 6) is 1.13. The molecule has 4 heteroatoms. The minimum absolute atomic E-state index is 0.345. The van der Waals surface area contributed by atoms with E-state index in [9.17, 15) is 0 Å². The van der Waals surface area contributed by atoms with Gasteiger partial charge in [-0.25, -0.2) is 4.98 Å². The van der Waals surface area contributed by atoms with Crippen LogP contribution in [0.25, 0.3) is 0 Å². The van der Waals surface area contributed by atoms with E-state index in [1.165, 1.54) is 32.1 Å². The second kappa shape index (κ2) is 5.85. The van der Waals surface area contributed by atoms with Crippen LogP contribution in [0.5, 0.6) is 0 Å². The van der Waals surface area contributed by atoms with Gasteiger partial charge in [0.15, 0.2) is 0 Å². The van der Waals surface area contributed by atoms with E-state index in [-0.39, 0.29) is 0 Å². The predicted octanol–water partition coefficient (Wildman–Crippen LogP) is 1.76. The van der Waals surface area contributed by atoms with Crippen LogP contribution in [0, 0.1) is 5.41 Å². The highest BCUT2D eigenvalue weighted by atomic mass is 15.2. The van der Waals surface area contributed by atoms with Crippen molar-refractivity contribution >= 4 is 0 Å². The summed E-state index contributed by atoms with van der Waals surface area (Å²) in [6.07, 6.45) is 10.5. The molecule has 0 amide bonds. The van der Waals surface area contributed by atoms with Crippen molar-refractivity contribution in [3.63, 3.8) is 0 Å². The van der Waals surface area contributed by atoms with Crippen molar-refractivity contribution in [1.29, 1.82) is 0 Å². The summed E-state index contributed by atoms with van der Waals surface area (Å²) in [7, 11) is 4.23. The zero-order valence-electron chi connectivity index (χ0n) is 11.7. The fourth-order valence-electron chi connectivity index (χ4n) is 3.15. The monoisotopic (exact) mass is 250 g/mol. The van der Waals surface area contributed by atoms with Crippen LogP contribution in [0.1, 0.15) is 37.9 Å². The highest BCUT2D eigenvalue weighted by Crippen LogP contribution is 2.36. The summed E-state index contributed by atoms with van der Waals surface area (Å²) in [5.41, 5.74) is 6.39. The third kappa shape index (κ3) is 3.12. The first-order chi connectivity index (χ1) is 8.65. The van der Waals surface area contributed by atoms with Gasteiger partial charge in [-0.2, -0.15) is 0 Å². The van der Waals surface area contributed by atoms with Crippen LogP contribution in [-0.2, 0) is 13.6 Å². The van der Waals surface area contributed by atoms with Gasteiger partial charge in [0.05, 0.1) is 6.54 Å². The topological polar surface area (TPSA) is 47.1 Å². The van der Waals surface area contributed by atoms with E-state index < -0.39 is 0 Å². The fraction of sp³-hybridized carbons (Fsp3) is 0.786. The minimum atomic E-state index is 0.345. The highest BCUT2D eigenvalue weighted by Gasteiger charge is 2.31. The molecule has 0 bridgehead atoms. The Labute approximate surface area is 110 Å². The van der Waals surface area contributed by atoms with Crippen molar-refractivity contribution in [2.24, 2.45) is 18.2 Å². The third-order valence-corrected chi connectivity index (χ3v) is 4.28. The molecule has 102 valence electrons. The van der Waals surface area contributed by atoms with Gasteiger partial charge in [0.2, 0.25) is 0 Å². The first-order valence-corrected chi connectivity index (χ1v) is 7.00. The summed E-state index contributed by atoms with van der Waals surface area (Å²) in [6, 6.07) is 0. The molecule has 0 spiro atoms. The molecule has 0 unspecified atom stereocenters. The number of aryl methyl sites for hydroxylation is 1. The first-order valence-electron chi connectivity index (χ1n) is 7.00. The zero-order chi connectivity index (χ0) is 13.0. The molecule has 1 aromatic rings. The summed E-state index contributed by atoms with van der Waals surface area (Å²) in [4.78, 5) is 6.76. The molecule has 1 fully saturated rings. The molecule has 0 saturated heterocycles. The Hall–Kier alpha value is -0.870. The van der Waals surface area contributed by atoms with Crippen LogP contribution in [0.3, 0.4) is 0 Å². The van der Waals surface area contributed by atoms with Crippen molar-refractivity contribution in [3.8, 4) is 0 Å².